The molecule has 0 saturated heterocycles. The lowest BCUT2D eigenvalue weighted by atomic mass is 9.82. The number of rotatable bonds is 4. The van der Waals surface area contributed by atoms with Crippen molar-refractivity contribution in [1.29, 1.82) is 0 Å². The number of hydrogen-bond acceptors (Lipinski definition) is 2. The number of ether oxygens (including phenoxy) is 1. The highest BCUT2D eigenvalue weighted by atomic mass is 35.5. The molecule has 1 rings (SSSR count). The zero-order valence-electron chi connectivity index (χ0n) is 11.6. The van der Waals surface area contributed by atoms with E-state index in [1.807, 2.05) is 25.2 Å². The Morgan fingerprint density at radius 2 is 1.78 bits per heavy atom. The fraction of sp³-hybridized carbons (Fsp3) is 0.571. The van der Waals surface area contributed by atoms with Crippen LogP contribution in [0, 0.1) is 5.41 Å². The second-order valence-electron chi connectivity index (χ2n) is 5.46. The molecule has 0 aliphatic carbocycles. The summed E-state index contributed by atoms with van der Waals surface area (Å²) in [5.41, 5.74) is 1.10. The molecule has 0 aromatic heterocycles. The van der Waals surface area contributed by atoms with Crippen LogP contribution in [0.25, 0.3) is 0 Å². The lowest BCUT2D eigenvalue weighted by Gasteiger charge is -2.36. The van der Waals surface area contributed by atoms with Crippen molar-refractivity contribution in [2.24, 2.45) is 5.41 Å². The van der Waals surface area contributed by atoms with E-state index in [9.17, 15) is 0 Å². The first-order chi connectivity index (χ1) is 8.31. The van der Waals surface area contributed by atoms with E-state index >= 15 is 0 Å². The summed E-state index contributed by atoms with van der Waals surface area (Å²) in [6.07, 6.45) is 0.0414. The van der Waals surface area contributed by atoms with Gasteiger partial charge in [0.1, 0.15) is 0 Å². The third-order valence-electron chi connectivity index (χ3n) is 3.02. The molecule has 0 bridgehead atoms. The first-order valence-electron chi connectivity index (χ1n) is 5.96. The lowest BCUT2D eigenvalue weighted by Crippen LogP contribution is -2.40. The van der Waals surface area contributed by atoms with Gasteiger partial charge in [-0.05, 0) is 30.2 Å². The highest BCUT2D eigenvalue weighted by Crippen LogP contribution is 2.34. The standard InChI is InChI=1S/C14H21Cl2NO/c1-14(2,3)13(18-5)12(17-4)9-6-7-10(15)11(16)8-9/h6-8,12-13,17H,1-5H3. The third-order valence-corrected chi connectivity index (χ3v) is 3.76. The van der Waals surface area contributed by atoms with Crippen LogP contribution in [0.3, 0.4) is 0 Å². The van der Waals surface area contributed by atoms with Crippen molar-refractivity contribution in [3.63, 3.8) is 0 Å². The first-order valence-corrected chi connectivity index (χ1v) is 6.72. The van der Waals surface area contributed by atoms with Crippen LogP contribution in [-0.4, -0.2) is 20.3 Å². The Hall–Kier alpha value is -0.280. The molecule has 2 nitrogen and oxygen atoms in total. The quantitative estimate of drug-likeness (QED) is 0.892. The van der Waals surface area contributed by atoms with Gasteiger partial charge in [0.25, 0.3) is 0 Å². The number of hydrogen-bond donors (Lipinski definition) is 1. The van der Waals surface area contributed by atoms with Gasteiger partial charge in [-0.2, -0.15) is 0 Å². The monoisotopic (exact) mass is 289 g/mol. The van der Waals surface area contributed by atoms with Crippen LogP contribution in [0.1, 0.15) is 32.4 Å². The highest BCUT2D eigenvalue weighted by molar-refractivity contribution is 6.42. The Kier molecular flexibility index (Phi) is 5.47. The maximum absolute atomic E-state index is 6.08. The topological polar surface area (TPSA) is 21.3 Å². The molecule has 0 heterocycles. The smallest absolute Gasteiger partial charge is 0.0813 e. The molecule has 0 fully saturated rings. The van der Waals surface area contributed by atoms with Crippen molar-refractivity contribution in [2.75, 3.05) is 14.2 Å². The fourth-order valence-corrected chi connectivity index (χ4v) is 2.49. The molecule has 1 aromatic rings. The summed E-state index contributed by atoms with van der Waals surface area (Å²) < 4.78 is 5.65. The number of halogens is 2. The third kappa shape index (κ3) is 3.61. The maximum atomic E-state index is 6.08. The van der Waals surface area contributed by atoms with E-state index in [1.54, 1.807) is 7.11 Å². The number of methoxy groups -OCH3 is 1. The molecular weight excluding hydrogens is 269 g/mol. The maximum Gasteiger partial charge on any atom is 0.0813 e. The van der Waals surface area contributed by atoms with Gasteiger partial charge in [0.2, 0.25) is 0 Å². The molecule has 1 N–H and O–H groups in total. The van der Waals surface area contributed by atoms with Crippen LogP contribution >= 0.6 is 23.2 Å². The fourth-order valence-electron chi connectivity index (χ4n) is 2.19. The van der Waals surface area contributed by atoms with E-state index in [2.05, 4.69) is 26.1 Å². The zero-order chi connectivity index (χ0) is 13.9. The van der Waals surface area contributed by atoms with Gasteiger partial charge in [-0.15, -0.1) is 0 Å². The van der Waals surface area contributed by atoms with Crippen LogP contribution in [0.5, 0.6) is 0 Å². The van der Waals surface area contributed by atoms with E-state index < -0.39 is 0 Å². The van der Waals surface area contributed by atoms with Crippen LogP contribution < -0.4 is 5.32 Å². The molecular formula is C14H21Cl2NO. The van der Waals surface area contributed by atoms with Crippen LogP contribution in [0.4, 0.5) is 0 Å². The number of nitrogens with one attached hydrogen (secondary N) is 1. The molecule has 2 atom stereocenters. The summed E-state index contributed by atoms with van der Waals surface area (Å²) in [5.74, 6) is 0. The molecule has 4 heteroatoms. The summed E-state index contributed by atoms with van der Waals surface area (Å²) in [6.45, 7) is 6.47. The Morgan fingerprint density at radius 3 is 2.17 bits per heavy atom. The van der Waals surface area contributed by atoms with Gasteiger partial charge < -0.3 is 10.1 Å². The van der Waals surface area contributed by atoms with Gasteiger partial charge in [0, 0.05) is 7.11 Å². The predicted molar refractivity (Wildman–Crippen MR) is 78.5 cm³/mol. The van der Waals surface area contributed by atoms with Crippen molar-refractivity contribution >= 4 is 23.2 Å². The summed E-state index contributed by atoms with van der Waals surface area (Å²) in [7, 11) is 3.66. The van der Waals surface area contributed by atoms with Gasteiger partial charge in [0.15, 0.2) is 0 Å². The minimum atomic E-state index is 0.0224. The van der Waals surface area contributed by atoms with E-state index in [0.29, 0.717) is 10.0 Å². The van der Waals surface area contributed by atoms with Crippen LogP contribution in [-0.2, 0) is 4.74 Å². The largest absolute Gasteiger partial charge is 0.379 e. The summed E-state index contributed by atoms with van der Waals surface area (Å²) in [5, 5.41) is 4.43. The summed E-state index contributed by atoms with van der Waals surface area (Å²) >= 11 is 12.0. The van der Waals surface area contributed by atoms with Crippen molar-refractivity contribution < 1.29 is 4.74 Å². The van der Waals surface area contributed by atoms with E-state index in [-0.39, 0.29) is 17.6 Å². The van der Waals surface area contributed by atoms with Crippen molar-refractivity contribution in [1.82, 2.24) is 5.32 Å². The summed E-state index contributed by atoms with van der Waals surface area (Å²) in [6, 6.07) is 5.76. The van der Waals surface area contributed by atoms with Crippen molar-refractivity contribution in [2.45, 2.75) is 32.9 Å². The molecule has 0 aliphatic rings. The SMILES string of the molecule is CNC(c1ccc(Cl)c(Cl)c1)C(OC)C(C)(C)C. The van der Waals surface area contributed by atoms with E-state index in [4.69, 9.17) is 27.9 Å². The Bertz CT molecular complexity index is 401. The first kappa shape index (κ1) is 15.8. The van der Waals surface area contributed by atoms with Gasteiger partial charge >= 0.3 is 0 Å². The molecule has 2 unspecified atom stereocenters. The molecule has 0 amide bonds. The lowest BCUT2D eigenvalue weighted by molar-refractivity contribution is -0.0101. The van der Waals surface area contributed by atoms with Gasteiger partial charge in [-0.1, -0.05) is 50.0 Å². The zero-order valence-corrected chi connectivity index (χ0v) is 13.1. The average molecular weight is 290 g/mol. The molecule has 0 saturated carbocycles. The molecule has 18 heavy (non-hydrogen) atoms. The predicted octanol–water partition coefficient (Wildman–Crippen LogP) is 4.32. The van der Waals surface area contributed by atoms with E-state index in [0.717, 1.165) is 5.56 Å². The molecule has 0 aliphatic heterocycles. The molecule has 102 valence electrons. The van der Waals surface area contributed by atoms with Gasteiger partial charge in [-0.25, -0.2) is 0 Å². The summed E-state index contributed by atoms with van der Waals surface area (Å²) in [4.78, 5) is 0. The van der Waals surface area contributed by atoms with E-state index in [1.165, 1.54) is 0 Å². The normalized spacial score (nSPS) is 15.5. The Morgan fingerprint density at radius 1 is 1.17 bits per heavy atom. The van der Waals surface area contributed by atoms with Crippen LogP contribution in [0.2, 0.25) is 10.0 Å². The number of benzene rings is 1. The minimum Gasteiger partial charge on any atom is -0.379 e. The molecule has 0 radical (unpaired) electrons. The minimum absolute atomic E-state index is 0.0224. The number of likely N-dealkylation sites (N-methyl/N-ethyl adjacent to an activating group) is 1. The molecule has 1 aromatic carbocycles. The van der Waals surface area contributed by atoms with Crippen molar-refractivity contribution in [3.05, 3.63) is 33.8 Å². The average Bonchev–Trinajstić information content (AvgIpc) is 2.28. The van der Waals surface area contributed by atoms with Gasteiger partial charge in [-0.3, -0.25) is 0 Å². The van der Waals surface area contributed by atoms with Crippen LogP contribution in [0.15, 0.2) is 18.2 Å². The second kappa shape index (κ2) is 6.25. The molecule has 0 spiro atoms. The Labute approximate surface area is 120 Å². The van der Waals surface area contributed by atoms with Gasteiger partial charge in [0.05, 0.1) is 22.2 Å². The van der Waals surface area contributed by atoms with Crippen molar-refractivity contribution in [3.8, 4) is 0 Å². The second-order valence-corrected chi connectivity index (χ2v) is 6.28. The Balaban J connectivity index is 3.12. The highest BCUT2D eigenvalue weighted by Gasteiger charge is 2.32.